The van der Waals surface area contributed by atoms with E-state index in [1.165, 1.54) is 17.6 Å². The molecule has 4 rings (SSSR count). The highest BCUT2D eigenvalue weighted by molar-refractivity contribution is 5.92. The van der Waals surface area contributed by atoms with Crippen LogP contribution in [-0.4, -0.2) is 16.9 Å². The lowest BCUT2D eigenvalue weighted by Crippen LogP contribution is -2.48. The molecule has 4 aliphatic rings. The van der Waals surface area contributed by atoms with Crippen LogP contribution in [0.4, 0.5) is 0 Å². The Kier molecular flexibility index (Phi) is 4.05. The maximum atomic E-state index is 11.9. The highest BCUT2D eigenvalue weighted by Gasteiger charge is 2.58. The van der Waals surface area contributed by atoms with Crippen molar-refractivity contribution in [2.24, 2.45) is 34.5 Å². The molecule has 0 saturated heterocycles. The highest BCUT2D eigenvalue weighted by Crippen LogP contribution is 2.66. The van der Waals surface area contributed by atoms with E-state index < -0.39 is 5.97 Å². The number of hydrogen-bond acceptors (Lipinski definition) is 2. The predicted octanol–water partition coefficient (Wildman–Crippen LogP) is 4.94. The zero-order chi connectivity index (χ0) is 18.7. The molecule has 6 atom stereocenters. The number of aliphatic carboxylic acids is 1. The number of hydrogen-bond donors (Lipinski definition) is 1. The van der Waals surface area contributed by atoms with Crippen molar-refractivity contribution >= 4 is 11.8 Å². The lowest BCUT2D eigenvalue weighted by molar-refractivity contribution is -0.137. The van der Waals surface area contributed by atoms with E-state index in [-0.39, 0.29) is 23.0 Å². The molecule has 3 unspecified atom stereocenters. The monoisotopic (exact) mass is 354 g/mol. The van der Waals surface area contributed by atoms with Crippen LogP contribution < -0.4 is 0 Å². The standard InChI is InChI=1S/C23H30O3/c1-14-12-20-17-5-4-15-13-16(24)8-10-22(15,2)19(17)9-11-23(20,3)18(14)6-7-21(25)26/h4-5,13,17-20H,1,6-12H2,2-3H3,(H,25,26)/t17?,18-,19?,20?,22+,23-/m1/s1. The van der Waals surface area contributed by atoms with E-state index in [2.05, 4.69) is 32.6 Å². The Labute approximate surface area is 156 Å². The molecule has 0 aromatic carbocycles. The lowest BCUT2D eigenvalue weighted by Gasteiger charge is -2.56. The Morgan fingerprint density at radius 3 is 2.81 bits per heavy atom. The van der Waals surface area contributed by atoms with Crippen LogP contribution in [0.3, 0.4) is 0 Å². The van der Waals surface area contributed by atoms with E-state index >= 15 is 0 Å². The van der Waals surface area contributed by atoms with Gasteiger partial charge in [0.05, 0.1) is 0 Å². The molecule has 3 heteroatoms. The van der Waals surface area contributed by atoms with Gasteiger partial charge in [-0.2, -0.15) is 0 Å². The average Bonchev–Trinajstić information content (AvgIpc) is 2.83. The van der Waals surface area contributed by atoms with Crippen LogP contribution >= 0.6 is 0 Å². The molecule has 1 N–H and O–H groups in total. The summed E-state index contributed by atoms with van der Waals surface area (Å²) < 4.78 is 0. The van der Waals surface area contributed by atoms with Crippen LogP contribution in [0.15, 0.2) is 36.0 Å². The van der Waals surface area contributed by atoms with Crippen molar-refractivity contribution in [3.05, 3.63) is 36.0 Å². The second kappa shape index (κ2) is 5.94. The molecule has 2 saturated carbocycles. The summed E-state index contributed by atoms with van der Waals surface area (Å²) >= 11 is 0. The number of ketones is 1. The predicted molar refractivity (Wildman–Crippen MR) is 101 cm³/mol. The van der Waals surface area contributed by atoms with E-state index in [9.17, 15) is 9.59 Å². The highest BCUT2D eigenvalue weighted by atomic mass is 16.4. The summed E-state index contributed by atoms with van der Waals surface area (Å²) in [6.07, 6.45) is 12.4. The van der Waals surface area contributed by atoms with Gasteiger partial charge >= 0.3 is 5.97 Å². The molecule has 0 aromatic rings. The third-order valence-electron chi connectivity index (χ3n) is 8.37. The Balaban J connectivity index is 1.66. The van der Waals surface area contributed by atoms with Gasteiger partial charge in [-0.1, -0.05) is 38.2 Å². The van der Waals surface area contributed by atoms with Gasteiger partial charge in [0.15, 0.2) is 5.78 Å². The summed E-state index contributed by atoms with van der Waals surface area (Å²) in [6.45, 7) is 9.10. The van der Waals surface area contributed by atoms with Crippen molar-refractivity contribution in [1.29, 1.82) is 0 Å². The zero-order valence-corrected chi connectivity index (χ0v) is 16.0. The summed E-state index contributed by atoms with van der Waals surface area (Å²) in [7, 11) is 0. The van der Waals surface area contributed by atoms with Gasteiger partial charge in [-0.3, -0.25) is 9.59 Å². The fourth-order valence-electron chi connectivity index (χ4n) is 6.86. The van der Waals surface area contributed by atoms with E-state index in [1.807, 2.05) is 6.08 Å². The maximum absolute atomic E-state index is 11.9. The Morgan fingerprint density at radius 1 is 1.31 bits per heavy atom. The van der Waals surface area contributed by atoms with Crippen LogP contribution in [0.5, 0.6) is 0 Å². The number of carbonyl (C=O) groups is 2. The molecule has 0 heterocycles. The number of carbonyl (C=O) groups excluding carboxylic acids is 1. The van der Waals surface area contributed by atoms with Crippen molar-refractivity contribution < 1.29 is 14.7 Å². The smallest absolute Gasteiger partial charge is 0.303 e. The fraction of sp³-hybridized carbons (Fsp3) is 0.652. The second-order valence-electron chi connectivity index (χ2n) is 9.52. The molecule has 0 aromatic heterocycles. The molecule has 0 amide bonds. The number of carboxylic acids is 1. The summed E-state index contributed by atoms with van der Waals surface area (Å²) in [5.74, 6) is 1.57. The molecule has 0 radical (unpaired) electrons. The minimum absolute atomic E-state index is 0.120. The number of allylic oxidation sites excluding steroid dienone is 5. The van der Waals surface area contributed by atoms with Crippen molar-refractivity contribution in [3.63, 3.8) is 0 Å². The normalized spacial score (nSPS) is 44.2. The first-order valence-corrected chi connectivity index (χ1v) is 10.1. The molecule has 0 bridgehead atoms. The van der Waals surface area contributed by atoms with Gasteiger partial charge in [-0.15, -0.1) is 0 Å². The van der Waals surface area contributed by atoms with Gasteiger partial charge in [0.1, 0.15) is 0 Å². The largest absolute Gasteiger partial charge is 0.481 e. The van der Waals surface area contributed by atoms with Crippen LogP contribution in [0, 0.1) is 34.5 Å². The van der Waals surface area contributed by atoms with E-state index in [0.29, 0.717) is 30.1 Å². The molecule has 0 aliphatic heterocycles. The van der Waals surface area contributed by atoms with Crippen molar-refractivity contribution in [2.45, 2.75) is 58.8 Å². The second-order valence-corrected chi connectivity index (χ2v) is 9.52. The minimum atomic E-state index is -0.703. The van der Waals surface area contributed by atoms with Crippen molar-refractivity contribution in [2.75, 3.05) is 0 Å². The molecule has 2 fully saturated rings. The number of rotatable bonds is 3. The summed E-state index contributed by atoms with van der Waals surface area (Å²) in [5, 5.41) is 9.14. The molecule has 140 valence electrons. The zero-order valence-electron chi connectivity index (χ0n) is 16.0. The van der Waals surface area contributed by atoms with Gasteiger partial charge in [0.25, 0.3) is 0 Å². The topological polar surface area (TPSA) is 54.4 Å². The first-order chi connectivity index (χ1) is 12.3. The molecule has 3 nitrogen and oxygen atoms in total. The average molecular weight is 354 g/mol. The van der Waals surface area contributed by atoms with E-state index in [1.54, 1.807) is 0 Å². The molecule has 0 spiro atoms. The van der Waals surface area contributed by atoms with E-state index in [4.69, 9.17) is 5.11 Å². The Morgan fingerprint density at radius 2 is 2.08 bits per heavy atom. The van der Waals surface area contributed by atoms with Crippen LogP contribution in [-0.2, 0) is 9.59 Å². The quantitative estimate of drug-likeness (QED) is 0.730. The summed E-state index contributed by atoms with van der Waals surface area (Å²) in [5.41, 5.74) is 2.78. The molecular formula is C23H30O3. The number of carboxylic acid groups (broad SMARTS) is 1. The lowest BCUT2D eigenvalue weighted by atomic mass is 9.48. The third-order valence-corrected chi connectivity index (χ3v) is 8.37. The van der Waals surface area contributed by atoms with E-state index in [0.717, 1.165) is 25.7 Å². The number of fused-ring (bicyclic) bond motifs is 5. The van der Waals surface area contributed by atoms with Crippen LogP contribution in [0.25, 0.3) is 0 Å². The SMILES string of the molecule is C=C1CC2C3C=CC4=CC(=O)CC[C@]4(C)C3CC[C@]2(C)[C@@H]1CCC(=O)O. The molecular weight excluding hydrogens is 324 g/mol. The van der Waals surface area contributed by atoms with Crippen molar-refractivity contribution in [1.82, 2.24) is 0 Å². The Bertz CT molecular complexity index is 730. The van der Waals surface area contributed by atoms with Gasteiger partial charge in [-0.25, -0.2) is 0 Å². The fourth-order valence-corrected chi connectivity index (χ4v) is 6.86. The molecule has 4 aliphatic carbocycles. The minimum Gasteiger partial charge on any atom is -0.481 e. The Hall–Kier alpha value is -1.64. The van der Waals surface area contributed by atoms with Gasteiger partial charge in [0.2, 0.25) is 0 Å². The molecule has 26 heavy (non-hydrogen) atoms. The summed E-state index contributed by atoms with van der Waals surface area (Å²) in [4.78, 5) is 23.0. The van der Waals surface area contributed by atoms with Crippen LogP contribution in [0.1, 0.15) is 58.8 Å². The van der Waals surface area contributed by atoms with Gasteiger partial charge < -0.3 is 5.11 Å². The van der Waals surface area contributed by atoms with Gasteiger partial charge in [-0.05, 0) is 78.3 Å². The maximum Gasteiger partial charge on any atom is 0.303 e. The third kappa shape index (κ3) is 2.46. The van der Waals surface area contributed by atoms with Gasteiger partial charge in [0, 0.05) is 12.8 Å². The summed E-state index contributed by atoms with van der Waals surface area (Å²) in [6, 6.07) is 0. The van der Waals surface area contributed by atoms with Crippen LogP contribution in [0.2, 0.25) is 0 Å². The first kappa shape index (κ1) is 17.8. The van der Waals surface area contributed by atoms with Crippen molar-refractivity contribution in [3.8, 4) is 0 Å². The first-order valence-electron chi connectivity index (χ1n) is 10.1.